The number of aliphatic carboxylic acids is 1. The molecule has 0 saturated carbocycles. The molecule has 8 atom stereocenters. The van der Waals surface area contributed by atoms with Gasteiger partial charge in [0.2, 0.25) is 70.9 Å². The maximum Gasteiger partial charge on any atom is 0.341 e. The molecule has 30 heteroatoms. The molecule has 1 aromatic carbocycles. The quantitative estimate of drug-likeness (QED) is 0.0295. The Morgan fingerprint density at radius 1 is 0.600 bits per heavy atom. The van der Waals surface area contributed by atoms with Gasteiger partial charge in [-0.25, -0.2) is 4.79 Å². The van der Waals surface area contributed by atoms with Crippen molar-refractivity contribution in [2.75, 3.05) is 44.9 Å². The Labute approximate surface area is 468 Å². The van der Waals surface area contributed by atoms with Crippen LogP contribution >= 0.6 is 11.8 Å². The van der Waals surface area contributed by atoms with Crippen LogP contribution in [0.4, 0.5) is 0 Å². The molecular formula is C50H81N13O16S. The predicted molar refractivity (Wildman–Crippen MR) is 291 cm³/mol. The van der Waals surface area contributed by atoms with E-state index < -0.39 is 157 Å². The lowest BCUT2D eigenvalue weighted by Gasteiger charge is -2.29. The normalized spacial score (nSPS) is 14.0. The summed E-state index contributed by atoms with van der Waals surface area (Å²) in [4.78, 5) is 168. The molecule has 29 nitrogen and oxygen atoms in total. The van der Waals surface area contributed by atoms with Gasteiger partial charge in [0.15, 0.2) is 6.61 Å². The fourth-order valence-corrected chi connectivity index (χ4v) is 8.31. The van der Waals surface area contributed by atoms with E-state index in [9.17, 15) is 67.4 Å². The highest BCUT2D eigenvalue weighted by molar-refractivity contribution is 8.00. The summed E-state index contributed by atoms with van der Waals surface area (Å²) in [6, 6.07) is -5.03. The molecule has 0 spiro atoms. The van der Waals surface area contributed by atoms with Crippen LogP contribution in [0.25, 0.3) is 0 Å². The molecule has 1 rings (SSSR count). The molecule has 0 unspecified atom stereocenters. The number of primary amides is 2. The lowest BCUT2D eigenvalue weighted by atomic mass is 9.99. The van der Waals surface area contributed by atoms with Gasteiger partial charge >= 0.3 is 5.97 Å². The van der Waals surface area contributed by atoms with Gasteiger partial charge in [-0.3, -0.25) is 57.5 Å². The number of aliphatic hydroxyl groups is 1. The number of nitrogens with one attached hydrogen (secondary N) is 10. The second-order valence-electron chi connectivity index (χ2n) is 19.8. The highest BCUT2D eigenvalue weighted by Crippen LogP contribution is 2.15. The maximum absolute atomic E-state index is 14.0. The lowest BCUT2D eigenvalue weighted by molar-refractivity contribution is -0.139. The number of ether oxygens (including phenoxy) is 1. The van der Waals surface area contributed by atoms with E-state index in [1.165, 1.54) is 26.1 Å². The van der Waals surface area contributed by atoms with Crippen molar-refractivity contribution in [2.24, 2.45) is 35.0 Å². The summed E-state index contributed by atoms with van der Waals surface area (Å²) in [6.07, 6.45) is -0.170. The number of hydrogen-bond donors (Lipinski definition) is 15. The first-order chi connectivity index (χ1) is 37.5. The molecule has 0 aliphatic rings. The second-order valence-corrected chi connectivity index (χ2v) is 20.8. The van der Waals surface area contributed by atoms with Gasteiger partial charge in [0.25, 0.3) is 0 Å². The van der Waals surface area contributed by atoms with Crippen LogP contribution in [0.15, 0.2) is 24.3 Å². The molecule has 0 radical (unpaired) electrons. The van der Waals surface area contributed by atoms with E-state index in [1.807, 2.05) is 0 Å². The summed E-state index contributed by atoms with van der Waals surface area (Å²) in [5.74, 6) is -13.0. The van der Waals surface area contributed by atoms with Crippen LogP contribution in [0.2, 0.25) is 0 Å². The minimum Gasteiger partial charge on any atom is -0.482 e. The number of rotatable bonds is 38. The van der Waals surface area contributed by atoms with Gasteiger partial charge in [-0.05, 0) is 67.7 Å². The molecular weight excluding hydrogens is 1070 g/mol. The number of amides is 12. The van der Waals surface area contributed by atoms with E-state index in [4.69, 9.17) is 27.0 Å². The van der Waals surface area contributed by atoms with Crippen LogP contribution in [0.5, 0.6) is 5.75 Å². The molecule has 1 aromatic rings. The first kappa shape index (κ1) is 70.4. The van der Waals surface area contributed by atoms with E-state index in [1.54, 1.807) is 53.7 Å². The molecule has 80 heavy (non-hydrogen) atoms. The number of nitrogens with two attached hydrogens (primary N) is 3. The summed E-state index contributed by atoms with van der Waals surface area (Å²) >= 11 is 0.827. The van der Waals surface area contributed by atoms with Crippen molar-refractivity contribution in [2.45, 2.75) is 135 Å². The third-order valence-electron chi connectivity index (χ3n) is 11.4. The first-order valence-electron chi connectivity index (χ1n) is 25.8. The zero-order valence-electron chi connectivity index (χ0n) is 46.4. The summed E-state index contributed by atoms with van der Waals surface area (Å²) in [6.45, 7) is 9.24. The predicted octanol–water partition coefficient (Wildman–Crippen LogP) is -4.97. The van der Waals surface area contributed by atoms with Crippen LogP contribution in [0.3, 0.4) is 0 Å². The third kappa shape index (κ3) is 27.8. The molecule has 0 aliphatic carbocycles. The zero-order valence-corrected chi connectivity index (χ0v) is 47.2. The van der Waals surface area contributed by atoms with Crippen molar-refractivity contribution in [3.63, 3.8) is 0 Å². The number of carboxylic acid groups (broad SMARTS) is 1. The molecule has 0 fully saturated rings. The minimum absolute atomic E-state index is 0.0133. The lowest BCUT2D eigenvalue weighted by Crippen LogP contribution is -2.61. The summed E-state index contributed by atoms with van der Waals surface area (Å²) in [5.41, 5.74) is 16.9. The fraction of sp³-hybridized carbons (Fsp3) is 0.620. The highest BCUT2D eigenvalue weighted by atomic mass is 32.2. The average Bonchev–Trinajstić information content (AvgIpc) is 3.37. The highest BCUT2D eigenvalue weighted by Gasteiger charge is 2.36. The van der Waals surface area contributed by atoms with Crippen molar-refractivity contribution in [3.8, 4) is 5.75 Å². The summed E-state index contributed by atoms with van der Waals surface area (Å²) in [7, 11) is 1.36. The standard InChI is InChI=1S/C50H81N13O16S/c1-25(2)16-32(58-45(73)31(10-9-15-51)56-28(7)65)46(74)60-35(19-38(52)66)47(75)59-33(17-26(3)4)48(76)63-42(27(5)6)50(78)61-36(21-64)49(77)62-37(44(72)55-20-39(53)67)23-80-24-40(68)57-34(43(71)54-8)18-29-11-13-30(14-12-29)79-22-41(69)70/h11-14,25-27,31-37,42,64H,9-10,15-24,51H2,1-8H3,(H2,52,66)(H2,53,67)(H,54,71)(H,55,72)(H,56,65)(H,57,68)(H,58,73)(H,59,75)(H,60,74)(H,61,78)(H,62,77)(H,63,76)(H,69,70)/t31-,32+,33-,34-,35-,36-,37-,42-/m0/s1. The SMILES string of the molecule is CNC(=O)[C@H](Cc1ccc(OCC(=O)O)cc1)NC(=O)CSC[C@H](NC(=O)[C@H](CO)NC(=O)[C@@H](NC(=O)[C@H](CC(C)C)NC(=O)[C@H](CC(N)=O)NC(=O)[C@@H](CC(C)C)NC(=O)[C@H](CCCN)NC(C)=O)C(C)C)C(=O)NCC(N)=O. The van der Waals surface area contributed by atoms with Gasteiger partial charge in [-0.2, -0.15) is 0 Å². The maximum atomic E-state index is 14.0. The van der Waals surface area contributed by atoms with Crippen LogP contribution < -0.4 is 75.1 Å². The number of carbonyl (C=O) groups excluding carboxylic acids is 12. The number of carboxylic acids is 1. The Balaban J connectivity index is 3.27. The number of hydrogen-bond acceptors (Lipinski definition) is 17. The minimum atomic E-state index is -1.76. The van der Waals surface area contributed by atoms with Gasteiger partial charge in [0.05, 0.1) is 25.3 Å². The Bertz CT molecular complexity index is 2310. The zero-order chi connectivity index (χ0) is 60.8. The molecule has 18 N–H and O–H groups in total. The molecule has 0 bridgehead atoms. The Kier molecular flexibility index (Phi) is 32.2. The van der Waals surface area contributed by atoms with E-state index in [-0.39, 0.29) is 61.3 Å². The second kappa shape index (κ2) is 36.5. The molecule has 0 aromatic heterocycles. The smallest absolute Gasteiger partial charge is 0.341 e. The molecule has 448 valence electrons. The number of carbonyl (C=O) groups is 13. The van der Waals surface area contributed by atoms with Gasteiger partial charge < -0.3 is 85.3 Å². The Morgan fingerprint density at radius 2 is 1.11 bits per heavy atom. The monoisotopic (exact) mass is 1150 g/mol. The van der Waals surface area contributed by atoms with Crippen molar-refractivity contribution in [3.05, 3.63) is 29.8 Å². The van der Waals surface area contributed by atoms with Gasteiger partial charge in [-0.1, -0.05) is 53.7 Å². The van der Waals surface area contributed by atoms with Crippen molar-refractivity contribution in [1.29, 1.82) is 0 Å². The third-order valence-corrected chi connectivity index (χ3v) is 12.4. The van der Waals surface area contributed by atoms with Crippen LogP contribution in [0.1, 0.15) is 86.1 Å². The number of likely N-dealkylation sites (N-methyl/N-ethyl adjacent to an activating group) is 1. The molecule has 0 saturated heterocycles. The van der Waals surface area contributed by atoms with E-state index in [2.05, 4.69) is 53.2 Å². The van der Waals surface area contributed by atoms with Gasteiger partial charge in [-0.15, -0.1) is 11.8 Å². The average molecular weight is 1150 g/mol. The van der Waals surface area contributed by atoms with E-state index in [0.717, 1.165) is 11.8 Å². The topological polar surface area (TPSA) is 470 Å². The van der Waals surface area contributed by atoms with Crippen LogP contribution in [-0.2, 0) is 68.7 Å². The van der Waals surface area contributed by atoms with Crippen LogP contribution in [-0.4, -0.2) is 180 Å². The van der Waals surface area contributed by atoms with Crippen molar-refractivity contribution < 1.29 is 77.3 Å². The van der Waals surface area contributed by atoms with Crippen LogP contribution in [0, 0.1) is 17.8 Å². The number of thioether (sulfide) groups is 1. The van der Waals surface area contributed by atoms with Crippen molar-refractivity contribution >= 4 is 88.6 Å². The Morgan fingerprint density at radius 3 is 1.60 bits per heavy atom. The number of benzene rings is 1. The van der Waals surface area contributed by atoms with Gasteiger partial charge in [0, 0.05) is 26.1 Å². The fourth-order valence-electron chi connectivity index (χ4n) is 7.46. The number of aliphatic hydroxyl groups excluding tert-OH is 1. The van der Waals surface area contributed by atoms with E-state index >= 15 is 0 Å². The molecule has 12 amide bonds. The summed E-state index contributed by atoms with van der Waals surface area (Å²) in [5, 5.41) is 43.8. The largest absolute Gasteiger partial charge is 0.482 e. The first-order valence-corrected chi connectivity index (χ1v) is 26.9. The molecule has 0 aliphatic heterocycles. The molecule has 0 heterocycles. The summed E-state index contributed by atoms with van der Waals surface area (Å²) < 4.78 is 5.12. The Hall–Kier alpha value is -7.60. The van der Waals surface area contributed by atoms with E-state index in [0.29, 0.717) is 12.0 Å². The van der Waals surface area contributed by atoms with Crippen molar-refractivity contribution in [1.82, 2.24) is 53.2 Å². The van der Waals surface area contributed by atoms with Gasteiger partial charge in [0.1, 0.15) is 54.1 Å².